The standard InChI is InChI=1S/C20H18F2N4O2/c21-14-1-3-16(17(22)11-14)20(5-9-28-10-6-20)19(27)25-15-2-4-18(24-12-15)26-8-7-23-13-26/h1-4,7-8,11-13H,5-6,9-10H2,(H,25,27). The van der Waals surface area contributed by atoms with Gasteiger partial charge in [0, 0.05) is 37.2 Å². The summed E-state index contributed by atoms with van der Waals surface area (Å²) in [6.45, 7) is 0.643. The number of imidazole rings is 1. The summed E-state index contributed by atoms with van der Waals surface area (Å²) in [7, 11) is 0. The number of ether oxygens (including phenoxy) is 1. The highest BCUT2D eigenvalue weighted by molar-refractivity contribution is 5.99. The molecule has 1 fully saturated rings. The van der Waals surface area contributed by atoms with E-state index in [2.05, 4.69) is 15.3 Å². The Hall–Kier alpha value is -3.13. The van der Waals surface area contributed by atoms with Crippen molar-refractivity contribution >= 4 is 11.6 Å². The molecule has 3 heterocycles. The molecular formula is C20H18F2N4O2. The molecule has 0 saturated carbocycles. The molecule has 0 unspecified atom stereocenters. The molecule has 2 aromatic heterocycles. The highest BCUT2D eigenvalue weighted by Gasteiger charge is 2.43. The summed E-state index contributed by atoms with van der Waals surface area (Å²) >= 11 is 0. The summed E-state index contributed by atoms with van der Waals surface area (Å²) < 4.78 is 35.0. The minimum Gasteiger partial charge on any atom is -0.381 e. The number of halogens is 2. The third-order valence-electron chi connectivity index (χ3n) is 5.00. The number of nitrogens with zero attached hydrogens (tertiary/aromatic N) is 3. The van der Waals surface area contributed by atoms with Crippen molar-refractivity contribution in [1.29, 1.82) is 0 Å². The Kier molecular flexibility index (Phi) is 4.87. The Morgan fingerprint density at radius 2 is 2.00 bits per heavy atom. The van der Waals surface area contributed by atoms with E-state index in [1.165, 1.54) is 18.3 Å². The summed E-state index contributed by atoms with van der Waals surface area (Å²) in [5, 5.41) is 2.82. The monoisotopic (exact) mass is 384 g/mol. The molecule has 0 aliphatic carbocycles. The molecule has 6 nitrogen and oxygen atoms in total. The minimum absolute atomic E-state index is 0.178. The summed E-state index contributed by atoms with van der Waals surface area (Å²) in [6, 6.07) is 6.78. The number of hydrogen-bond acceptors (Lipinski definition) is 4. The maximum atomic E-state index is 14.5. The number of hydrogen-bond donors (Lipinski definition) is 1. The molecule has 0 bridgehead atoms. The lowest BCUT2D eigenvalue weighted by molar-refractivity contribution is -0.125. The van der Waals surface area contributed by atoms with Gasteiger partial charge in [-0.2, -0.15) is 0 Å². The molecule has 1 aliphatic rings. The first-order chi connectivity index (χ1) is 13.6. The van der Waals surface area contributed by atoms with E-state index in [9.17, 15) is 13.6 Å². The minimum atomic E-state index is -1.13. The normalized spacial score (nSPS) is 15.9. The van der Waals surface area contributed by atoms with Crippen molar-refractivity contribution in [3.05, 3.63) is 72.4 Å². The van der Waals surface area contributed by atoms with Crippen molar-refractivity contribution in [1.82, 2.24) is 14.5 Å². The molecule has 0 spiro atoms. The fraction of sp³-hybridized carbons (Fsp3) is 0.250. The van der Waals surface area contributed by atoms with Gasteiger partial charge in [0.05, 0.1) is 17.3 Å². The van der Waals surface area contributed by atoms with Crippen LogP contribution in [0.4, 0.5) is 14.5 Å². The Bertz CT molecular complexity index is 968. The van der Waals surface area contributed by atoms with E-state index in [4.69, 9.17) is 4.74 Å². The average molecular weight is 384 g/mol. The van der Waals surface area contributed by atoms with Gasteiger partial charge in [-0.15, -0.1) is 0 Å². The Balaban J connectivity index is 1.61. The molecule has 144 valence electrons. The van der Waals surface area contributed by atoms with Gasteiger partial charge >= 0.3 is 0 Å². The van der Waals surface area contributed by atoms with Gasteiger partial charge in [0.25, 0.3) is 0 Å². The molecule has 0 radical (unpaired) electrons. The van der Waals surface area contributed by atoms with Gasteiger partial charge in [0.15, 0.2) is 0 Å². The van der Waals surface area contributed by atoms with Crippen LogP contribution in [0.3, 0.4) is 0 Å². The van der Waals surface area contributed by atoms with E-state index >= 15 is 0 Å². The molecule has 8 heteroatoms. The van der Waals surface area contributed by atoms with E-state index in [-0.39, 0.29) is 11.5 Å². The molecule has 0 atom stereocenters. The quantitative estimate of drug-likeness (QED) is 0.750. The van der Waals surface area contributed by atoms with Gasteiger partial charge in [-0.3, -0.25) is 9.36 Å². The Labute approximate surface area is 160 Å². The maximum absolute atomic E-state index is 14.5. The summed E-state index contributed by atoms with van der Waals surface area (Å²) in [5.41, 5.74) is -0.459. The number of amides is 1. The lowest BCUT2D eigenvalue weighted by Gasteiger charge is -2.36. The fourth-order valence-electron chi connectivity index (χ4n) is 3.47. The first-order valence-corrected chi connectivity index (χ1v) is 8.88. The van der Waals surface area contributed by atoms with E-state index in [1.807, 2.05) is 0 Å². The lowest BCUT2D eigenvalue weighted by atomic mass is 9.73. The van der Waals surface area contributed by atoms with Gasteiger partial charge in [-0.05, 0) is 31.0 Å². The van der Waals surface area contributed by atoms with Crippen molar-refractivity contribution in [3.63, 3.8) is 0 Å². The maximum Gasteiger partial charge on any atom is 0.235 e. The highest BCUT2D eigenvalue weighted by atomic mass is 19.1. The zero-order valence-electron chi connectivity index (χ0n) is 14.9. The fourth-order valence-corrected chi connectivity index (χ4v) is 3.47. The molecule has 4 rings (SSSR count). The number of carbonyl (C=O) groups excluding carboxylic acids is 1. The van der Waals surface area contributed by atoms with Crippen LogP contribution >= 0.6 is 0 Å². The zero-order valence-corrected chi connectivity index (χ0v) is 14.9. The van der Waals surface area contributed by atoms with Crippen molar-refractivity contribution < 1.29 is 18.3 Å². The third kappa shape index (κ3) is 3.38. The van der Waals surface area contributed by atoms with E-state index in [0.717, 1.165) is 6.07 Å². The number of benzene rings is 1. The largest absolute Gasteiger partial charge is 0.381 e. The second-order valence-corrected chi connectivity index (χ2v) is 6.65. The predicted octanol–water partition coefficient (Wildman–Crippen LogP) is 3.23. The van der Waals surface area contributed by atoms with Gasteiger partial charge in [-0.1, -0.05) is 6.07 Å². The number of carbonyl (C=O) groups is 1. The third-order valence-corrected chi connectivity index (χ3v) is 5.00. The van der Waals surface area contributed by atoms with Gasteiger partial charge in [-0.25, -0.2) is 18.7 Å². The molecule has 3 aromatic rings. The van der Waals surface area contributed by atoms with E-state index in [0.29, 0.717) is 37.6 Å². The van der Waals surface area contributed by atoms with Crippen LogP contribution in [0.2, 0.25) is 0 Å². The highest BCUT2D eigenvalue weighted by Crippen LogP contribution is 2.37. The number of nitrogens with one attached hydrogen (secondary N) is 1. The summed E-state index contributed by atoms with van der Waals surface area (Å²) in [4.78, 5) is 21.4. The molecule has 1 aliphatic heterocycles. The van der Waals surface area contributed by atoms with Crippen LogP contribution in [0.1, 0.15) is 18.4 Å². The molecule has 28 heavy (non-hydrogen) atoms. The van der Waals surface area contributed by atoms with Gasteiger partial charge in [0.1, 0.15) is 23.8 Å². The van der Waals surface area contributed by atoms with Gasteiger partial charge in [0.2, 0.25) is 5.91 Å². The lowest BCUT2D eigenvalue weighted by Crippen LogP contribution is -2.45. The van der Waals surface area contributed by atoms with Crippen LogP contribution in [0, 0.1) is 11.6 Å². The number of aromatic nitrogens is 3. The van der Waals surface area contributed by atoms with Crippen molar-refractivity contribution in [2.24, 2.45) is 0 Å². The zero-order chi connectivity index (χ0) is 19.6. The van der Waals surface area contributed by atoms with E-state index < -0.39 is 17.0 Å². The van der Waals surface area contributed by atoms with Crippen LogP contribution in [0.15, 0.2) is 55.2 Å². The average Bonchev–Trinajstić information content (AvgIpc) is 3.24. The first-order valence-electron chi connectivity index (χ1n) is 8.88. The molecule has 1 amide bonds. The summed E-state index contributed by atoms with van der Waals surface area (Å²) in [6.07, 6.45) is 7.17. The molecule has 1 N–H and O–H groups in total. The smallest absolute Gasteiger partial charge is 0.235 e. The number of pyridine rings is 1. The van der Waals surface area contributed by atoms with Crippen molar-refractivity contribution in [2.75, 3.05) is 18.5 Å². The van der Waals surface area contributed by atoms with Crippen LogP contribution < -0.4 is 5.32 Å². The SMILES string of the molecule is O=C(Nc1ccc(-n2ccnc2)nc1)C1(c2ccc(F)cc2F)CCOCC1. The number of anilines is 1. The van der Waals surface area contributed by atoms with Gasteiger partial charge < -0.3 is 10.1 Å². The molecular weight excluding hydrogens is 366 g/mol. The molecule has 1 aromatic carbocycles. The topological polar surface area (TPSA) is 69.0 Å². The summed E-state index contributed by atoms with van der Waals surface area (Å²) in [5.74, 6) is -1.12. The van der Waals surface area contributed by atoms with Crippen molar-refractivity contribution in [2.45, 2.75) is 18.3 Å². The first kappa shape index (κ1) is 18.2. The van der Waals surface area contributed by atoms with Crippen LogP contribution in [0.25, 0.3) is 5.82 Å². The Morgan fingerprint density at radius 1 is 1.18 bits per heavy atom. The second kappa shape index (κ2) is 7.47. The predicted molar refractivity (Wildman–Crippen MR) is 98.1 cm³/mol. The molecule has 1 saturated heterocycles. The second-order valence-electron chi connectivity index (χ2n) is 6.65. The van der Waals surface area contributed by atoms with E-state index in [1.54, 1.807) is 35.4 Å². The number of rotatable bonds is 4. The Morgan fingerprint density at radius 3 is 2.64 bits per heavy atom. The van der Waals surface area contributed by atoms with Crippen LogP contribution in [-0.4, -0.2) is 33.7 Å². The van der Waals surface area contributed by atoms with Crippen molar-refractivity contribution in [3.8, 4) is 5.82 Å². The van der Waals surface area contributed by atoms with Crippen LogP contribution in [-0.2, 0) is 14.9 Å². The van der Waals surface area contributed by atoms with Crippen LogP contribution in [0.5, 0.6) is 0 Å².